The monoisotopic (exact) mass is 488 g/mol. The number of hydrogen-bond acceptors (Lipinski definition) is 6. The van der Waals surface area contributed by atoms with E-state index in [1.165, 1.54) is 12.1 Å². The van der Waals surface area contributed by atoms with E-state index >= 15 is 0 Å². The maximum absolute atomic E-state index is 13.1. The highest BCUT2D eigenvalue weighted by Gasteiger charge is 2.25. The average molecular weight is 489 g/mol. The topological polar surface area (TPSA) is 95.8 Å². The van der Waals surface area contributed by atoms with Crippen molar-refractivity contribution in [2.75, 3.05) is 26.2 Å². The molecule has 1 aromatic heterocycles. The molecule has 2 heterocycles. The predicted octanol–water partition coefficient (Wildman–Crippen LogP) is 3.07. The number of amides is 1. The van der Waals surface area contributed by atoms with Crippen LogP contribution in [-0.4, -0.2) is 55.5 Å². The molecule has 0 unspecified atom stereocenters. The molecular formula is C23H25ClN4O4S. The zero-order chi connectivity index (χ0) is 23.4. The molecule has 0 spiro atoms. The average Bonchev–Trinajstić information content (AvgIpc) is 3.23. The molecule has 4 rings (SSSR count). The molecule has 1 fully saturated rings. The Balaban J connectivity index is 1.41. The standard InChI is InChI=1S/C23H25ClN4O4S/c1-17-13-20(32-26-17)16-27-9-11-28(12-10-27)23(29)19-7-8-21(24)22(14-19)33(30,31)25-15-18-5-3-2-4-6-18/h2-8,13-14,25H,9-12,15-16H2,1H3. The minimum Gasteiger partial charge on any atom is -0.360 e. The van der Waals surface area contributed by atoms with E-state index in [2.05, 4.69) is 14.8 Å². The van der Waals surface area contributed by atoms with Crippen molar-refractivity contribution in [1.82, 2.24) is 19.7 Å². The summed E-state index contributed by atoms with van der Waals surface area (Å²) < 4.78 is 33.5. The lowest BCUT2D eigenvalue weighted by Gasteiger charge is -2.34. The Kier molecular flexibility index (Phi) is 7.14. The van der Waals surface area contributed by atoms with Crippen LogP contribution in [-0.2, 0) is 23.1 Å². The number of hydrogen-bond donors (Lipinski definition) is 1. The molecule has 0 atom stereocenters. The zero-order valence-electron chi connectivity index (χ0n) is 18.2. The molecule has 0 bridgehead atoms. The van der Waals surface area contributed by atoms with Crippen molar-refractivity contribution in [1.29, 1.82) is 0 Å². The number of carbonyl (C=O) groups excluding carboxylic acids is 1. The molecule has 1 aliphatic rings. The molecule has 1 amide bonds. The Morgan fingerprint density at radius 1 is 1.09 bits per heavy atom. The van der Waals surface area contributed by atoms with Crippen LogP contribution in [0, 0.1) is 6.92 Å². The van der Waals surface area contributed by atoms with E-state index in [-0.39, 0.29) is 22.4 Å². The van der Waals surface area contributed by atoms with Gasteiger partial charge >= 0.3 is 0 Å². The largest absolute Gasteiger partial charge is 0.360 e. The van der Waals surface area contributed by atoms with E-state index in [0.717, 1.165) is 17.0 Å². The number of nitrogens with one attached hydrogen (secondary N) is 1. The van der Waals surface area contributed by atoms with E-state index in [4.69, 9.17) is 16.1 Å². The molecule has 1 aliphatic heterocycles. The minimum absolute atomic E-state index is 0.0688. The van der Waals surface area contributed by atoms with Gasteiger partial charge in [-0.3, -0.25) is 9.69 Å². The Labute approximate surface area is 198 Å². The third-order valence-electron chi connectivity index (χ3n) is 5.49. The van der Waals surface area contributed by atoms with Crippen molar-refractivity contribution < 1.29 is 17.7 Å². The van der Waals surface area contributed by atoms with Crippen LogP contribution in [0.5, 0.6) is 0 Å². The van der Waals surface area contributed by atoms with Gasteiger partial charge in [0, 0.05) is 44.4 Å². The van der Waals surface area contributed by atoms with Crippen molar-refractivity contribution in [3.8, 4) is 0 Å². The van der Waals surface area contributed by atoms with E-state index in [0.29, 0.717) is 38.3 Å². The Hall–Kier alpha value is -2.72. The van der Waals surface area contributed by atoms with Crippen LogP contribution >= 0.6 is 11.6 Å². The molecule has 0 radical (unpaired) electrons. The smallest absolute Gasteiger partial charge is 0.253 e. The summed E-state index contributed by atoms with van der Waals surface area (Å²) in [5.74, 6) is 0.573. The van der Waals surface area contributed by atoms with Crippen LogP contribution in [0.3, 0.4) is 0 Å². The predicted molar refractivity (Wildman–Crippen MR) is 124 cm³/mol. The number of piperazine rings is 1. The van der Waals surface area contributed by atoms with Gasteiger partial charge in [0.2, 0.25) is 10.0 Å². The lowest BCUT2D eigenvalue weighted by Crippen LogP contribution is -2.48. The van der Waals surface area contributed by atoms with Crippen LogP contribution < -0.4 is 4.72 Å². The fourth-order valence-electron chi connectivity index (χ4n) is 3.70. The van der Waals surface area contributed by atoms with Gasteiger partial charge in [-0.05, 0) is 30.7 Å². The van der Waals surface area contributed by atoms with Gasteiger partial charge in [-0.1, -0.05) is 47.1 Å². The quantitative estimate of drug-likeness (QED) is 0.549. The van der Waals surface area contributed by atoms with Crippen LogP contribution in [0.2, 0.25) is 5.02 Å². The van der Waals surface area contributed by atoms with Crippen LogP contribution in [0.4, 0.5) is 0 Å². The second kappa shape index (κ2) is 10.0. The number of aromatic nitrogens is 1. The Morgan fingerprint density at radius 2 is 1.82 bits per heavy atom. The van der Waals surface area contributed by atoms with E-state index in [1.807, 2.05) is 43.3 Å². The summed E-state index contributed by atoms with van der Waals surface area (Å²) in [5.41, 5.74) is 1.95. The summed E-state index contributed by atoms with van der Waals surface area (Å²) in [4.78, 5) is 16.9. The lowest BCUT2D eigenvalue weighted by molar-refractivity contribution is 0.0617. The zero-order valence-corrected chi connectivity index (χ0v) is 19.8. The van der Waals surface area contributed by atoms with E-state index < -0.39 is 10.0 Å². The molecule has 8 nitrogen and oxygen atoms in total. The number of sulfonamides is 1. The number of rotatable bonds is 7. The molecule has 33 heavy (non-hydrogen) atoms. The van der Waals surface area contributed by atoms with Crippen LogP contribution in [0.15, 0.2) is 64.0 Å². The first-order valence-electron chi connectivity index (χ1n) is 10.6. The summed E-state index contributed by atoms with van der Waals surface area (Å²) >= 11 is 6.19. The van der Waals surface area contributed by atoms with Crippen molar-refractivity contribution in [3.63, 3.8) is 0 Å². The molecule has 2 aromatic carbocycles. The van der Waals surface area contributed by atoms with Gasteiger partial charge in [0.05, 0.1) is 17.3 Å². The fourth-order valence-corrected chi connectivity index (χ4v) is 5.24. The number of nitrogens with zero attached hydrogens (tertiary/aromatic N) is 3. The third-order valence-corrected chi connectivity index (χ3v) is 7.38. The highest BCUT2D eigenvalue weighted by atomic mass is 35.5. The summed E-state index contributed by atoms with van der Waals surface area (Å²) in [7, 11) is -3.89. The van der Waals surface area contributed by atoms with Gasteiger partial charge < -0.3 is 9.42 Å². The first-order chi connectivity index (χ1) is 15.8. The van der Waals surface area contributed by atoms with Crippen LogP contribution in [0.1, 0.15) is 27.4 Å². The fraction of sp³-hybridized carbons (Fsp3) is 0.304. The number of aryl methyl sites for hydroxylation is 1. The Morgan fingerprint density at radius 3 is 2.48 bits per heavy atom. The van der Waals surface area contributed by atoms with Crippen molar-refractivity contribution >= 4 is 27.5 Å². The molecule has 174 valence electrons. The van der Waals surface area contributed by atoms with Gasteiger partial charge in [-0.2, -0.15) is 0 Å². The van der Waals surface area contributed by atoms with Gasteiger partial charge in [0.25, 0.3) is 5.91 Å². The summed E-state index contributed by atoms with van der Waals surface area (Å²) in [6.07, 6.45) is 0. The second-order valence-corrected chi connectivity index (χ2v) is 10.1. The highest BCUT2D eigenvalue weighted by Crippen LogP contribution is 2.24. The van der Waals surface area contributed by atoms with Gasteiger partial charge in [0.1, 0.15) is 4.90 Å². The molecule has 1 N–H and O–H groups in total. The first kappa shape index (κ1) is 23.4. The molecule has 0 aliphatic carbocycles. The highest BCUT2D eigenvalue weighted by molar-refractivity contribution is 7.89. The number of halogens is 1. The van der Waals surface area contributed by atoms with Crippen molar-refractivity contribution in [3.05, 3.63) is 82.2 Å². The number of carbonyl (C=O) groups is 1. The lowest BCUT2D eigenvalue weighted by atomic mass is 10.2. The SMILES string of the molecule is Cc1cc(CN2CCN(C(=O)c3ccc(Cl)c(S(=O)(=O)NCc4ccccc4)c3)CC2)on1. The summed E-state index contributed by atoms with van der Waals surface area (Å²) in [6.45, 7) is 5.07. The van der Waals surface area contributed by atoms with E-state index in [1.54, 1.807) is 11.0 Å². The third kappa shape index (κ3) is 5.80. The molecule has 10 heteroatoms. The van der Waals surface area contributed by atoms with Gasteiger partial charge in [-0.15, -0.1) is 0 Å². The molecule has 0 saturated carbocycles. The molecule has 1 saturated heterocycles. The van der Waals surface area contributed by atoms with Gasteiger partial charge in [0.15, 0.2) is 5.76 Å². The Bertz CT molecular complexity index is 1220. The number of benzene rings is 2. The normalized spacial score (nSPS) is 15.0. The van der Waals surface area contributed by atoms with Crippen LogP contribution in [0.25, 0.3) is 0 Å². The maximum Gasteiger partial charge on any atom is 0.253 e. The minimum atomic E-state index is -3.89. The first-order valence-corrected chi connectivity index (χ1v) is 12.4. The van der Waals surface area contributed by atoms with Gasteiger partial charge in [-0.25, -0.2) is 13.1 Å². The van der Waals surface area contributed by atoms with Crippen molar-refractivity contribution in [2.45, 2.75) is 24.9 Å². The van der Waals surface area contributed by atoms with Crippen molar-refractivity contribution in [2.24, 2.45) is 0 Å². The molecular weight excluding hydrogens is 464 g/mol. The summed E-state index contributed by atoms with van der Waals surface area (Å²) in [5, 5.41) is 3.97. The second-order valence-electron chi connectivity index (χ2n) is 7.96. The maximum atomic E-state index is 13.1. The molecule has 3 aromatic rings. The summed E-state index contributed by atoms with van der Waals surface area (Å²) in [6, 6.07) is 15.4. The van der Waals surface area contributed by atoms with E-state index in [9.17, 15) is 13.2 Å².